The third-order valence-electron chi connectivity index (χ3n) is 1.14. The third-order valence-corrected chi connectivity index (χ3v) is 1.14. The fourth-order valence-corrected chi connectivity index (χ4v) is 0.730. The van der Waals surface area contributed by atoms with Crippen molar-refractivity contribution in [2.45, 2.75) is 0 Å². The molecule has 3 nitrogen and oxygen atoms in total. The lowest BCUT2D eigenvalue weighted by atomic mass is 10.3. The molecule has 0 amide bonds. The predicted molar refractivity (Wildman–Crippen MR) is 38.5 cm³/mol. The molecule has 0 aliphatic carbocycles. The van der Waals surface area contributed by atoms with Gasteiger partial charge in [-0.15, -0.1) is 0 Å². The first-order chi connectivity index (χ1) is 4.43. The highest BCUT2D eigenvalue weighted by molar-refractivity contribution is 5.89. The van der Waals surface area contributed by atoms with E-state index in [4.69, 9.17) is 0 Å². The lowest BCUT2D eigenvalue weighted by Gasteiger charge is -2.07. The molecule has 1 aliphatic rings. The average molecular weight is 125 g/mol. The Bertz CT molecular complexity index is 137. The summed E-state index contributed by atoms with van der Waals surface area (Å²) in [6.07, 6.45) is 3.62. The first-order valence-electron chi connectivity index (χ1n) is 3.02. The molecule has 0 fully saturated rings. The lowest BCUT2D eigenvalue weighted by molar-refractivity contribution is 0.895. The van der Waals surface area contributed by atoms with Crippen molar-refractivity contribution in [1.29, 1.82) is 0 Å². The van der Waals surface area contributed by atoms with Gasteiger partial charge in [-0.3, -0.25) is 4.99 Å². The Morgan fingerprint density at radius 3 is 3.33 bits per heavy atom. The van der Waals surface area contributed by atoms with Crippen LogP contribution in [-0.2, 0) is 0 Å². The first kappa shape index (κ1) is 6.29. The molecule has 0 saturated heterocycles. The normalized spacial score (nSPS) is 16.8. The smallest absolute Gasteiger partial charge is 0.0542 e. The molecule has 0 spiro atoms. The summed E-state index contributed by atoms with van der Waals surface area (Å²) in [7, 11) is 1.92. The molecular formula is C6H11N3. The summed E-state index contributed by atoms with van der Waals surface area (Å²) in [5.41, 5.74) is 1.15. The minimum Gasteiger partial charge on any atom is -0.384 e. The van der Waals surface area contributed by atoms with Crippen LogP contribution in [0.25, 0.3) is 0 Å². The molecule has 0 aromatic rings. The van der Waals surface area contributed by atoms with Gasteiger partial charge in [0, 0.05) is 18.9 Å². The van der Waals surface area contributed by atoms with Gasteiger partial charge in [-0.05, 0) is 7.05 Å². The number of hydrogen-bond donors (Lipinski definition) is 2. The Balaban J connectivity index is 2.38. The van der Waals surface area contributed by atoms with E-state index in [1.54, 1.807) is 6.20 Å². The average Bonchev–Trinajstić information content (AvgIpc) is 1.91. The van der Waals surface area contributed by atoms with Gasteiger partial charge < -0.3 is 10.6 Å². The Morgan fingerprint density at radius 1 is 1.89 bits per heavy atom. The molecule has 1 rings (SSSR count). The van der Waals surface area contributed by atoms with E-state index in [-0.39, 0.29) is 0 Å². The van der Waals surface area contributed by atoms with Crippen molar-refractivity contribution in [2.75, 3.05) is 20.1 Å². The molecular weight excluding hydrogens is 114 g/mol. The summed E-state index contributed by atoms with van der Waals surface area (Å²) in [6.45, 7) is 1.74. The number of rotatable bonds is 2. The molecule has 2 N–H and O–H groups in total. The molecule has 0 aromatic carbocycles. The maximum atomic E-state index is 4.13. The molecule has 0 bridgehead atoms. The van der Waals surface area contributed by atoms with Crippen molar-refractivity contribution in [3.8, 4) is 0 Å². The van der Waals surface area contributed by atoms with Crippen LogP contribution < -0.4 is 10.6 Å². The van der Waals surface area contributed by atoms with Crippen LogP contribution in [0.15, 0.2) is 17.4 Å². The van der Waals surface area contributed by atoms with Crippen molar-refractivity contribution >= 4 is 5.71 Å². The van der Waals surface area contributed by atoms with Gasteiger partial charge in [-0.2, -0.15) is 0 Å². The summed E-state index contributed by atoms with van der Waals surface area (Å²) in [4.78, 5) is 4.13. The van der Waals surface area contributed by atoms with Crippen molar-refractivity contribution in [3.05, 3.63) is 12.4 Å². The Morgan fingerprint density at radius 2 is 2.78 bits per heavy atom. The van der Waals surface area contributed by atoms with Crippen molar-refractivity contribution in [2.24, 2.45) is 4.99 Å². The molecule has 0 unspecified atom stereocenters. The highest BCUT2D eigenvalue weighted by atomic mass is 14.9. The molecule has 3 heteroatoms. The van der Waals surface area contributed by atoms with Crippen molar-refractivity contribution in [3.63, 3.8) is 0 Å². The molecule has 0 atom stereocenters. The molecule has 50 valence electrons. The standard InChI is InChI=1S/C6H11N3/c1-7-4-6-5-8-2-3-9-6/h2-3,7-8H,4-5H2,1H3. The summed E-state index contributed by atoms with van der Waals surface area (Å²) in [5.74, 6) is 0. The van der Waals surface area contributed by atoms with Gasteiger partial charge in [-0.25, -0.2) is 0 Å². The van der Waals surface area contributed by atoms with Crippen LogP contribution in [-0.4, -0.2) is 25.8 Å². The van der Waals surface area contributed by atoms with Crippen LogP contribution in [0.3, 0.4) is 0 Å². The van der Waals surface area contributed by atoms with E-state index >= 15 is 0 Å². The van der Waals surface area contributed by atoms with E-state index in [1.165, 1.54) is 0 Å². The van der Waals surface area contributed by atoms with Gasteiger partial charge in [0.1, 0.15) is 0 Å². The van der Waals surface area contributed by atoms with E-state index < -0.39 is 0 Å². The van der Waals surface area contributed by atoms with Crippen LogP contribution in [0.1, 0.15) is 0 Å². The summed E-state index contributed by atoms with van der Waals surface area (Å²) in [6, 6.07) is 0. The van der Waals surface area contributed by atoms with E-state index in [2.05, 4.69) is 15.6 Å². The van der Waals surface area contributed by atoms with Gasteiger partial charge in [0.05, 0.1) is 12.3 Å². The monoisotopic (exact) mass is 125 g/mol. The Hall–Kier alpha value is -0.830. The number of nitrogens with zero attached hydrogens (tertiary/aromatic N) is 1. The van der Waals surface area contributed by atoms with E-state index in [1.807, 2.05) is 13.2 Å². The topological polar surface area (TPSA) is 36.4 Å². The molecule has 0 saturated carbocycles. The number of aliphatic imine (C=N–C) groups is 1. The highest BCUT2D eigenvalue weighted by Gasteiger charge is 1.96. The minimum atomic E-state index is 0.872. The van der Waals surface area contributed by atoms with Gasteiger partial charge in [0.25, 0.3) is 0 Å². The second-order valence-electron chi connectivity index (χ2n) is 1.92. The first-order valence-corrected chi connectivity index (χ1v) is 3.02. The fraction of sp³-hybridized carbons (Fsp3) is 0.500. The second kappa shape index (κ2) is 3.25. The zero-order chi connectivity index (χ0) is 6.53. The molecule has 0 radical (unpaired) electrons. The van der Waals surface area contributed by atoms with Crippen molar-refractivity contribution in [1.82, 2.24) is 10.6 Å². The summed E-state index contributed by atoms with van der Waals surface area (Å²) < 4.78 is 0. The van der Waals surface area contributed by atoms with Crippen molar-refractivity contribution < 1.29 is 0 Å². The molecule has 9 heavy (non-hydrogen) atoms. The zero-order valence-electron chi connectivity index (χ0n) is 5.52. The SMILES string of the molecule is CNCC1=NC=CNC1. The second-order valence-corrected chi connectivity index (χ2v) is 1.92. The van der Waals surface area contributed by atoms with Crippen LogP contribution in [0.4, 0.5) is 0 Å². The van der Waals surface area contributed by atoms with Gasteiger partial charge in [0.2, 0.25) is 0 Å². The Labute approximate surface area is 54.9 Å². The molecule has 1 heterocycles. The largest absolute Gasteiger partial charge is 0.384 e. The predicted octanol–water partition coefficient (Wildman–Crippen LogP) is -0.279. The minimum absolute atomic E-state index is 0.872. The van der Waals surface area contributed by atoms with Crippen LogP contribution in [0.5, 0.6) is 0 Å². The van der Waals surface area contributed by atoms with Crippen LogP contribution in [0.2, 0.25) is 0 Å². The third kappa shape index (κ3) is 1.85. The number of hydrogen-bond acceptors (Lipinski definition) is 3. The maximum absolute atomic E-state index is 4.13. The molecule has 1 aliphatic heterocycles. The van der Waals surface area contributed by atoms with Gasteiger partial charge >= 0.3 is 0 Å². The summed E-state index contributed by atoms with van der Waals surface area (Å²) >= 11 is 0. The van der Waals surface area contributed by atoms with Crippen LogP contribution in [0, 0.1) is 0 Å². The quantitative estimate of drug-likeness (QED) is 0.532. The fourth-order valence-electron chi connectivity index (χ4n) is 0.730. The van der Waals surface area contributed by atoms with Crippen LogP contribution >= 0.6 is 0 Å². The van der Waals surface area contributed by atoms with Gasteiger partial charge in [0.15, 0.2) is 0 Å². The Kier molecular flexibility index (Phi) is 2.27. The van der Waals surface area contributed by atoms with E-state index in [0.29, 0.717) is 0 Å². The summed E-state index contributed by atoms with van der Waals surface area (Å²) in [5, 5.41) is 6.10. The lowest BCUT2D eigenvalue weighted by Crippen LogP contribution is -2.29. The van der Waals surface area contributed by atoms with E-state index in [0.717, 1.165) is 18.8 Å². The zero-order valence-corrected chi connectivity index (χ0v) is 5.52. The maximum Gasteiger partial charge on any atom is 0.0542 e. The molecule has 0 aromatic heterocycles. The van der Waals surface area contributed by atoms with E-state index in [9.17, 15) is 0 Å². The highest BCUT2D eigenvalue weighted by Crippen LogP contribution is 1.84. The van der Waals surface area contributed by atoms with Gasteiger partial charge in [-0.1, -0.05) is 0 Å². The number of nitrogens with one attached hydrogen (secondary N) is 2.